The molecule has 1 rings (SSSR count). The molecule has 2 N–H and O–H groups in total. The van der Waals surface area contributed by atoms with E-state index in [1.165, 1.54) is 0 Å². The topological polar surface area (TPSA) is 55.0 Å². The third kappa shape index (κ3) is 3.81. The van der Waals surface area contributed by atoms with E-state index in [9.17, 15) is 0 Å². The number of nitrogens with two attached hydrogens (primary N) is 1. The van der Waals surface area contributed by atoms with Crippen LogP contribution in [0.25, 0.3) is 0 Å². The fraction of sp³-hybridized carbons (Fsp3) is 0.545. The van der Waals surface area contributed by atoms with Gasteiger partial charge in [0.05, 0.1) is 0 Å². The number of hydrogen-bond donors (Lipinski definition) is 1. The van der Waals surface area contributed by atoms with E-state index in [1.54, 1.807) is 17.8 Å². The van der Waals surface area contributed by atoms with Crippen LogP contribution in [-0.2, 0) is 0 Å². The molecular formula is C11H18N4S2. The van der Waals surface area contributed by atoms with Gasteiger partial charge in [0.15, 0.2) is 0 Å². The summed E-state index contributed by atoms with van der Waals surface area (Å²) in [6.07, 6.45) is 2.09. The molecular weight excluding hydrogens is 252 g/mol. The monoisotopic (exact) mass is 270 g/mol. The number of thiocarbonyl (C=S) groups is 1. The van der Waals surface area contributed by atoms with Gasteiger partial charge in [-0.05, 0) is 26.2 Å². The number of rotatable bonds is 5. The van der Waals surface area contributed by atoms with E-state index in [-0.39, 0.29) is 0 Å². The standard InChI is InChI=1S/C11H18N4S2/c1-7-5-9(10(12)16)14-11(13-7)15(3)8(2)6-17-4/h5,8H,6H2,1-4H3,(H2,12,16). The lowest BCUT2D eigenvalue weighted by Crippen LogP contribution is -2.33. The van der Waals surface area contributed by atoms with Crippen molar-refractivity contribution in [2.75, 3.05) is 24.0 Å². The molecule has 1 aromatic rings. The van der Waals surface area contributed by atoms with Crippen LogP contribution in [0, 0.1) is 6.92 Å². The Morgan fingerprint density at radius 2 is 2.24 bits per heavy atom. The van der Waals surface area contributed by atoms with Crippen molar-refractivity contribution in [1.29, 1.82) is 0 Å². The Morgan fingerprint density at radius 1 is 1.59 bits per heavy atom. The van der Waals surface area contributed by atoms with Gasteiger partial charge >= 0.3 is 0 Å². The number of aromatic nitrogens is 2. The number of thioether (sulfide) groups is 1. The molecule has 6 heteroatoms. The van der Waals surface area contributed by atoms with E-state index in [4.69, 9.17) is 18.0 Å². The van der Waals surface area contributed by atoms with Crippen LogP contribution in [0.2, 0.25) is 0 Å². The maximum absolute atomic E-state index is 5.60. The molecule has 0 fully saturated rings. The quantitative estimate of drug-likeness (QED) is 0.820. The minimum atomic E-state index is 0.308. The second-order valence-corrected chi connectivity index (χ2v) is 5.32. The van der Waals surface area contributed by atoms with Crippen LogP contribution in [0.15, 0.2) is 6.07 Å². The average Bonchev–Trinajstić information content (AvgIpc) is 2.27. The Balaban J connectivity index is 3.01. The molecule has 0 aliphatic heterocycles. The highest BCUT2D eigenvalue weighted by molar-refractivity contribution is 7.98. The van der Waals surface area contributed by atoms with Crippen molar-refractivity contribution in [2.45, 2.75) is 19.9 Å². The third-order valence-electron chi connectivity index (χ3n) is 2.48. The smallest absolute Gasteiger partial charge is 0.226 e. The molecule has 94 valence electrons. The molecule has 0 aromatic carbocycles. The van der Waals surface area contributed by atoms with Gasteiger partial charge in [-0.2, -0.15) is 11.8 Å². The molecule has 0 aliphatic carbocycles. The Morgan fingerprint density at radius 3 is 2.76 bits per heavy atom. The number of aryl methyl sites for hydroxylation is 1. The predicted octanol–water partition coefficient (Wildman–Crippen LogP) is 1.61. The van der Waals surface area contributed by atoms with Gasteiger partial charge in [-0.3, -0.25) is 0 Å². The van der Waals surface area contributed by atoms with Gasteiger partial charge < -0.3 is 10.6 Å². The number of anilines is 1. The lowest BCUT2D eigenvalue weighted by Gasteiger charge is -2.24. The third-order valence-corrected chi connectivity index (χ3v) is 3.50. The minimum Gasteiger partial charge on any atom is -0.388 e. The van der Waals surface area contributed by atoms with Crippen molar-refractivity contribution in [3.05, 3.63) is 17.5 Å². The first kappa shape index (κ1) is 14.2. The molecule has 0 saturated heterocycles. The summed E-state index contributed by atoms with van der Waals surface area (Å²) in [7, 11) is 1.99. The lowest BCUT2D eigenvalue weighted by atomic mass is 10.3. The van der Waals surface area contributed by atoms with Crippen molar-refractivity contribution < 1.29 is 0 Å². The highest BCUT2D eigenvalue weighted by Gasteiger charge is 2.14. The summed E-state index contributed by atoms with van der Waals surface area (Å²) in [5.41, 5.74) is 7.11. The van der Waals surface area contributed by atoms with Crippen LogP contribution in [0.3, 0.4) is 0 Å². The maximum Gasteiger partial charge on any atom is 0.226 e. The molecule has 17 heavy (non-hydrogen) atoms. The van der Waals surface area contributed by atoms with Gasteiger partial charge in [-0.25, -0.2) is 9.97 Å². The van der Waals surface area contributed by atoms with Crippen LogP contribution >= 0.6 is 24.0 Å². The molecule has 0 saturated carbocycles. The van der Waals surface area contributed by atoms with Crippen LogP contribution in [0.4, 0.5) is 5.95 Å². The number of nitrogens with zero attached hydrogens (tertiary/aromatic N) is 3. The van der Waals surface area contributed by atoms with Crippen molar-refractivity contribution in [1.82, 2.24) is 9.97 Å². The Kier molecular flexibility index (Phi) is 5.14. The van der Waals surface area contributed by atoms with Gasteiger partial charge in [0.1, 0.15) is 10.7 Å². The van der Waals surface area contributed by atoms with Crippen molar-refractivity contribution in [2.24, 2.45) is 5.73 Å². The molecule has 1 heterocycles. The maximum atomic E-state index is 5.60. The van der Waals surface area contributed by atoms with Gasteiger partial charge in [0.2, 0.25) is 5.95 Å². The van der Waals surface area contributed by atoms with E-state index in [1.807, 2.05) is 18.9 Å². The first-order valence-electron chi connectivity index (χ1n) is 5.33. The zero-order valence-electron chi connectivity index (χ0n) is 10.6. The van der Waals surface area contributed by atoms with Gasteiger partial charge in [-0.1, -0.05) is 12.2 Å². The highest BCUT2D eigenvalue weighted by atomic mass is 32.2. The summed E-state index contributed by atoms with van der Waals surface area (Å²) in [6.45, 7) is 4.06. The minimum absolute atomic E-state index is 0.308. The SMILES string of the molecule is CSCC(C)N(C)c1nc(C)cc(C(N)=S)n1. The summed E-state index contributed by atoms with van der Waals surface area (Å²) in [5, 5.41) is 0. The van der Waals surface area contributed by atoms with Crippen LogP contribution in [0.1, 0.15) is 18.3 Å². The van der Waals surface area contributed by atoms with Crippen molar-refractivity contribution in [3.63, 3.8) is 0 Å². The number of hydrogen-bond acceptors (Lipinski definition) is 5. The molecule has 1 atom stereocenters. The highest BCUT2D eigenvalue weighted by Crippen LogP contribution is 2.13. The summed E-state index contributed by atoms with van der Waals surface area (Å²) in [4.78, 5) is 11.1. The second-order valence-electron chi connectivity index (χ2n) is 3.97. The molecule has 0 spiro atoms. The van der Waals surface area contributed by atoms with E-state index in [0.29, 0.717) is 22.7 Å². The van der Waals surface area contributed by atoms with Crippen LogP contribution in [0.5, 0.6) is 0 Å². The first-order chi connectivity index (χ1) is 7.95. The largest absolute Gasteiger partial charge is 0.388 e. The van der Waals surface area contributed by atoms with E-state index < -0.39 is 0 Å². The van der Waals surface area contributed by atoms with Gasteiger partial charge in [0.25, 0.3) is 0 Å². The predicted molar refractivity (Wildman–Crippen MR) is 78.9 cm³/mol. The average molecular weight is 270 g/mol. The van der Waals surface area contributed by atoms with E-state index in [0.717, 1.165) is 11.4 Å². The van der Waals surface area contributed by atoms with Gasteiger partial charge in [-0.15, -0.1) is 0 Å². The van der Waals surface area contributed by atoms with Crippen molar-refractivity contribution in [3.8, 4) is 0 Å². The van der Waals surface area contributed by atoms with E-state index in [2.05, 4.69) is 23.1 Å². The Bertz CT molecular complexity index is 408. The van der Waals surface area contributed by atoms with Gasteiger partial charge in [0, 0.05) is 24.5 Å². The molecule has 4 nitrogen and oxygen atoms in total. The summed E-state index contributed by atoms with van der Waals surface area (Å²) in [5.74, 6) is 1.70. The molecule has 0 amide bonds. The lowest BCUT2D eigenvalue weighted by molar-refractivity contribution is 0.735. The molecule has 0 aliphatic rings. The van der Waals surface area contributed by atoms with Crippen molar-refractivity contribution >= 4 is 34.9 Å². The normalized spacial score (nSPS) is 12.2. The Labute approximate surface area is 112 Å². The van der Waals surface area contributed by atoms with Crippen LogP contribution in [-0.4, -0.2) is 40.1 Å². The summed E-state index contributed by atoms with van der Waals surface area (Å²) in [6, 6.07) is 2.17. The first-order valence-corrected chi connectivity index (χ1v) is 7.13. The second kappa shape index (κ2) is 6.16. The summed E-state index contributed by atoms with van der Waals surface area (Å²) < 4.78 is 0. The van der Waals surface area contributed by atoms with E-state index >= 15 is 0 Å². The Hall–Kier alpha value is -0.880. The zero-order chi connectivity index (χ0) is 13.0. The molecule has 0 radical (unpaired) electrons. The fourth-order valence-corrected chi connectivity index (χ4v) is 2.20. The molecule has 1 aromatic heterocycles. The fourth-order valence-electron chi connectivity index (χ4n) is 1.39. The van der Waals surface area contributed by atoms with Crippen LogP contribution < -0.4 is 10.6 Å². The molecule has 0 bridgehead atoms. The zero-order valence-corrected chi connectivity index (χ0v) is 12.2. The molecule has 1 unspecified atom stereocenters. The summed E-state index contributed by atoms with van der Waals surface area (Å²) >= 11 is 6.75.